The number of hydrogen-bond acceptors (Lipinski definition) is 9. The van der Waals surface area contributed by atoms with Crippen LogP contribution in [-0.2, 0) is 9.53 Å². The van der Waals surface area contributed by atoms with E-state index in [0.717, 1.165) is 12.8 Å². The summed E-state index contributed by atoms with van der Waals surface area (Å²) in [6.07, 6.45) is 2.03. The van der Waals surface area contributed by atoms with Crippen molar-refractivity contribution >= 4 is 51.7 Å². The van der Waals surface area contributed by atoms with E-state index in [2.05, 4.69) is 27.8 Å². The second kappa shape index (κ2) is 13.4. The van der Waals surface area contributed by atoms with E-state index in [4.69, 9.17) is 9.47 Å². The van der Waals surface area contributed by atoms with Crippen molar-refractivity contribution in [3.63, 3.8) is 0 Å². The third kappa shape index (κ3) is 8.08. The first-order chi connectivity index (χ1) is 17.0. The minimum Gasteiger partial charge on any atom is -0.494 e. The summed E-state index contributed by atoms with van der Waals surface area (Å²) in [4.78, 5) is 36.9. The summed E-state index contributed by atoms with van der Waals surface area (Å²) in [5, 5.41) is 13.7. The van der Waals surface area contributed by atoms with Crippen LogP contribution in [0.4, 0.5) is 10.8 Å². The van der Waals surface area contributed by atoms with Crippen molar-refractivity contribution in [2.24, 2.45) is 0 Å². The first-order valence-corrected chi connectivity index (χ1v) is 12.9. The molecule has 184 valence electrons. The molecule has 0 fully saturated rings. The van der Waals surface area contributed by atoms with E-state index in [9.17, 15) is 14.4 Å². The van der Waals surface area contributed by atoms with Gasteiger partial charge in [0.1, 0.15) is 5.75 Å². The number of rotatable bonds is 12. The molecule has 0 bridgehead atoms. The first kappa shape index (κ1) is 26.2. The van der Waals surface area contributed by atoms with Crippen LogP contribution in [0.3, 0.4) is 0 Å². The van der Waals surface area contributed by atoms with Crippen molar-refractivity contribution in [1.29, 1.82) is 0 Å². The second-order valence-corrected chi connectivity index (χ2v) is 9.36. The van der Waals surface area contributed by atoms with Crippen molar-refractivity contribution in [3.8, 4) is 5.75 Å². The van der Waals surface area contributed by atoms with Crippen molar-refractivity contribution in [3.05, 3.63) is 59.7 Å². The number of carbonyl (C=O) groups is 3. The predicted molar refractivity (Wildman–Crippen MR) is 136 cm³/mol. The molecule has 0 radical (unpaired) electrons. The number of thioether (sulfide) groups is 1. The Hall–Kier alpha value is -3.44. The van der Waals surface area contributed by atoms with E-state index in [1.54, 1.807) is 55.5 Å². The summed E-state index contributed by atoms with van der Waals surface area (Å²) in [6.45, 7) is 4.69. The number of carbonyl (C=O) groups excluding carboxylic acids is 3. The maximum absolute atomic E-state index is 12.5. The van der Waals surface area contributed by atoms with Crippen LogP contribution in [0.5, 0.6) is 5.75 Å². The monoisotopic (exact) mass is 514 g/mol. The van der Waals surface area contributed by atoms with E-state index < -0.39 is 5.97 Å². The van der Waals surface area contributed by atoms with Gasteiger partial charge in [0.2, 0.25) is 11.0 Å². The maximum atomic E-state index is 12.5. The molecule has 0 saturated heterocycles. The van der Waals surface area contributed by atoms with Crippen molar-refractivity contribution in [1.82, 2.24) is 10.2 Å². The van der Waals surface area contributed by atoms with Gasteiger partial charge in [0.25, 0.3) is 5.91 Å². The number of amides is 2. The third-order valence-electron chi connectivity index (χ3n) is 4.53. The Kier molecular flexibility index (Phi) is 10.1. The molecule has 0 atom stereocenters. The van der Waals surface area contributed by atoms with Crippen LogP contribution in [0.25, 0.3) is 0 Å². The molecular formula is C24H26N4O5S2. The molecule has 2 amide bonds. The standard InChI is InChI=1S/C24H26N4O5S2/c1-3-5-14-33-17-12-10-16(11-13-17)21(30)26-23-27-28-24(35-23)34-15-20(29)25-19-9-7-6-8-18(19)22(31)32-4-2/h6-13H,3-5,14-15H2,1-2H3,(H,25,29)(H,26,27,30). The summed E-state index contributed by atoms with van der Waals surface area (Å²) in [5.74, 6) is -0.356. The van der Waals surface area contributed by atoms with Gasteiger partial charge in [0.05, 0.1) is 30.2 Å². The Bertz CT molecular complexity index is 1150. The molecule has 1 heterocycles. The van der Waals surface area contributed by atoms with Crippen LogP contribution in [0.15, 0.2) is 52.9 Å². The molecule has 2 aromatic carbocycles. The smallest absolute Gasteiger partial charge is 0.340 e. The number of nitrogens with zero attached hydrogens (tertiary/aromatic N) is 2. The van der Waals surface area contributed by atoms with Gasteiger partial charge in [-0.2, -0.15) is 0 Å². The lowest BCUT2D eigenvalue weighted by Crippen LogP contribution is -2.17. The number of anilines is 2. The number of para-hydroxylation sites is 1. The fraction of sp³-hybridized carbons (Fsp3) is 0.292. The average Bonchev–Trinajstić information content (AvgIpc) is 3.31. The van der Waals surface area contributed by atoms with Gasteiger partial charge in [0, 0.05) is 5.56 Å². The normalized spacial score (nSPS) is 10.5. The predicted octanol–water partition coefficient (Wildman–Crippen LogP) is 4.88. The lowest BCUT2D eigenvalue weighted by molar-refractivity contribution is -0.113. The summed E-state index contributed by atoms with van der Waals surface area (Å²) < 4.78 is 11.1. The largest absolute Gasteiger partial charge is 0.494 e. The fourth-order valence-corrected chi connectivity index (χ4v) is 4.36. The lowest BCUT2D eigenvalue weighted by atomic mass is 10.2. The van der Waals surface area contributed by atoms with Gasteiger partial charge in [-0.15, -0.1) is 10.2 Å². The average molecular weight is 515 g/mol. The van der Waals surface area contributed by atoms with Crippen molar-refractivity contribution in [2.45, 2.75) is 31.0 Å². The quantitative estimate of drug-likeness (QED) is 0.152. The molecule has 0 spiro atoms. The van der Waals surface area contributed by atoms with E-state index in [-0.39, 0.29) is 29.7 Å². The zero-order chi connectivity index (χ0) is 25.0. The van der Waals surface area contributed by atoms with E-state index in [1.165, 1.54) is 23.1 Å². The number of esters is 1. The van der Waals surface area contributed by atoms with Gasteiger partial charge in [-0.1, -0.05) is 48.6 Å². The van der Waals surface area contributed by atoms with Gasteiger partial charge in [0.15, 0.2) is 4.34 Å². The highest BCUT2D eigenvalue weighted by atomic mass is 32.2. The molecule has 3 aromatic rings. The molecule has 0 aliphatic carbocycles. The lowest BCUT2D eigenvalue weighted by Gasteiger charge is -2.09. The number of aromatic nitrogens is 2. The van der Waals surface area contributed by atoms with Crippen LogP contribution in [0, 0.1) is 0 Å². The molecule has 0 unspecified atom stereocenters. The van der Waals surface area contributed by atoms with Crippen molar-refractivity contribution in [2.75, 3.05) is 29.6 Å². The number of benzene rings is 2. The molecule has 1 aromatic heterocycles. The molecule has 11 heteroatoms. The highest BCUT2D eigenvalue weighted by molar-refractivity contribution is 8.01. The fourth-order valence-electron chi connectivity index (χ4n) is 2.82. The van der Waals surface area contributed by atoms with Crippen LogP contribution < -0.4 is 15.4 Å². The van der Waals surface area contributed by atoms with Gasteiger partial charge in [-0.05, 0) is 49.7 Å². The first-order valence-electron chi connectivity index (χ1n) is 11.1. The second-order valence-electron chi connectivity index (χ2n) is 7.16. The molecule has 0 aliphatic heterocycles. The third-order valence-corrected chi connectivity index (χ3v) is 6.51. The summed E-state index contributed by atoms with van der Waals surface area (Å²) >= 11 is 2.34. The molecular weight excluding hydrogens is 488 g/mol. The van der Waals surface area contributed by atoms with Gasteiger partial charge >= 0.3 is 5.97 Å². The number of hydrogen-bond donors (Lipinski definition) is 2. The Morgan fingerprint density at radius 1 is 1.00 bits per heavy atom. The number of nitrogens with one attached hydrogen (secondary N) is 2. The molecule has 2 N–H and O–H groups in total. The zero-order valence-electron chi connectivity index (χ0n) is 19.4. The Morgan fingerprint density at radius 2 is 1.77 bits per heavy atom. The number of ether oxygens (including phenoxy) is 2. The summed E-state index contributed by atoms with van der Waals surface area (Å²) in [6, 6.07) is 13.5. The van der Waals surface area contributed by atoms with Gasteiger partial charge < -0.3 is 14.8 Å². The summed E-state index contributed by atoms with van der Waals surface area (Å²) in [7, 11) is 0. The van der Waals surface area contributed by atoms with Gasteiger partial charge in [-0.25, -0.2) is 4.79 Å². The topological polar surface area (TPSA) is 120 Å². The molecule has 9 nitrogen and oxygen atoms in total. The Balaban J connectivity index is 1.49. The maximum Gasteiger partial charge on any atom is 0.340 e. The number of unbranched alkanes of at least 4 members (excludes halogenated alkanes) is 1. The molecule has 3 rings (SSSR count). The Morgan fingerprint density at radius 3 is 2.51 bits per heavy atom. The van der Waals surface area contributed by atoms with Crippen molar-refractivity contribution < 1.29 is 23.9 Å². The van der Waals surface area contributed by atoms with E-state index in [0.29, 0.717) is 33.1 Å². The van der Waals surface area contributed by atoms with E-state index >= 15 is 0 Å². The zero-order valence-corrected chi connectivity index (χ0v) is 21.0. The molecule has 0 saturated carbocycles. The Labute approximate surface area is 211 Å². The molecule has 0 aliphatic rings. The van der Waals surface area contributed by atoms with Crippen LogP contribution in [0.1, 0.15) is 47.4 Å². The van der Waals surface area contributed by atoms with Gasteiger partial charge in [-0.3, -0.25) is 14.9 Å². The van der Waals surface area contributed by atoms with Crippen LogP contribution in [-0.4, -0.2) is 46.9 Å². The molecule has 35 heavy (non-hydrogen) atoms. The van der Waals surface area contributed by atoms with Crippen LogP contribution in [0.2, 0.25) is 0 Å². The van der Waals surface area contributed by atoms with Crippen LogP contribution >= 0.6 is 23.1 Å². The highest BCUT2D eigenvalue weighted by Gasteiger charge is 2.15. The summed E-state index contributed by atoms with van der Waals surface area (Å²) in [5.41, 5.74) is 1.13. The minimum atomic E-state index is -0.501. The highest BCUT2D eigenvalue weighted by Crippen LogP contribution is 2.26. The van der Waals surface area contributed by atoms with E-state index in [1.807, 2.05) is 0 Å². The minimum absolute atomic E-state index is 0.0548. The SMILES string of the molecule is CCCCOc1ccc(C(=O)Nc2nnc(SCC(=O)Nc3ccccc3C(=O)OCC)s2)cc1.